The third kappa shape index (κ3) is 3.79. The summed E-state index contributed by atoms with van der Waals surface area (Å²) < 4.78 is 0. The summed E-state index contributed by atoms with van der Waals surface area (Å²) in [6, 6.07) is 1.61. The lowest BCUT2D eigenvalue weighted by atomic mass is 9.99. The van der Waals surface area contributed by atoms with Gasteiger partial charge in [-0.1, -0.05) is 38.5 Å². The van der Waals surface area contributed by atoms with E-state index < -0.39 is 0 Å². The van der Waals surface area contributed by atoms with Crippen LogP contribution in [0.5, 0.6) is 0 Å². The first-order valence-corrected chi connectivity index (χ1v) is 7.10. The van der Waals surface area contributed by atoms with Crippen LogP contribution in [0.3, 0.4) is 0 Å². The molecule has 2 aliphatic rings. The van der Waals surface area contributed by atoms with Gasteiger partial charge in [-0.15, -0.1) is 0 Å². The molecule has 0 amide bonds. The van der Waals surface area contributed by atoms with Crippen LogP contribution in [0, 0.1) is 5.92 Å². The Morgan fingerprint density at radius 2 is 1.60 bits per heavy atom. The second-order valence-corrected chi connectivity index (χ2v) is 5.78. The van der Waals surface area contributed by atoms with Crippen LogP contribution in [0.4, 0.5) is 0 Å². The largest absolute Gasteiger partial charge is 0.312 e. The molecule has 2 aliphatic carbocycles. The Morgan fingerprint density at radius 1 is 1.00 bits per heavy atom. The van der Waals surface area contributed by atoms with E-state index in [2.05, 4.69) is 12.2 Å². The average Bonchev–Trinajstić information content (AvgIpc) is 2.86. The smallest absolute Gasteiger partial charge is 0.00695 e. The van der Waals surface area contributed by atoms with Gasteiger partial charge >= 0.3 is 0 Å². The minimum atomic E-state index is 0.758. The van der Waals surface area contributed by atoms with Crippen LogP contribution < -0.4 is 5.32 Å². The highest BCUT2D eigenvalue weighted by Gasteiger charge is 2.19. The SMILES string of the molecule is CC(CCC1CCCC1)NC1CCCC1. The molecule has 15 heavy (non-hydrogen) atoms. The van der Waals surface area contributed by atoms with Gasteiger partial charge in [0, 0.05) is 12.1 Å². The average molecular weight is 209 g/mol. The van der Waals surface area contributed by atoms with Crippen molar-refractivity contribution >= 4 is 0 Å². The van der Waals surface area contributed by atoms with Crippen molar-refractivity contribution in [3.8, 4) is 0 Å². The van der Waals surface area contributed by atoms with Crippen LogP contribution in [0.1, 0.15) is 71.1 Å². The Morgan fingerprint density at radius 3 is 2.27 bits per heavy atom. The van der Waals surface area contributed by atoms with E-state index in [1.807, 2.05) is 0 Å². The van der Waals surface area contributed by atoms with E-state index in [1.54, 1.807) is 0 Å². The summed E-state index contributed by atoms with van der Waals surface area (Å²) in [6.45, 7) is 2.38. The Hall–Kier alpha value is -0.0400. The molecule has 1 N–H and O–H groups in total. The van der Waals surface area contributed by atoms with Crippen molar-refractivity contribution in [3.05, 3.63) is 0 Å². The first kappa shape index (κ1) is 11.4. The quantitative estimate of drug-likeness (QED) is 0.724. The maximum atomic E-state index is 3.80. The van der Waals surface area contributed by atoms with Crippen molar-refractivity contribution in [1.82, 2.24) is 5.32 Å². The maximum absolute atomic E-state index is 3.80. The van der Waals surface area contributed by atoms with Crippen LogP contribution in [0.15, 0.2) is 0 Å². The normalized spacial score (nSPS) is 26.2. The van der Waals surface area contributed by atoms with Crippen molar-refractivity contribution in [3.63, 3.8) is 0 Å². The number of nitrogens with one attached hydrogen (secondary N) is 1. The Balaban J connectivity index is 1.57. The second-order valence-electron chi connectivity index (χ2n) is 5.78. The fraction of sp³-hybridized carbons (Fsp3) is 1.00. The van der Waals surface area contributed by atoms with E-state index >= 15 is 0 Å². The van der Waals surface area contributed by atoms with E-state index in [1.165, 1.54) is 64.2 Å². The summed E-state index contributed by atoms with van der Waals surface area (Å²) in [5.41, 5.74) is 0. The zero-order chi connectivity index (χ0) is 10.5. The van der Waals surface area contributed by atoms with Crippen LogP contribution >= 0.6 is 0 Å². The zero-order valence-corrected chi connectivity index (χ0v) is 10.3. The van der Waals surface area contributed by atoms with Crippen molar-refractivity contribution < 1.29 is 0 Å². The molecule has 2 fully saturated rings. The summed E-state index contributed by atoms with van der Waals surface area (Å²) in [4.78, 5) is 0. The summed E-state index contributed by atoms with van der Waals surface area (Å²) in [5.74, 6) is 1.07. The molecule has 0 radical (unpaired) electrons. The van der Waals surface area contributed by atoms with Gasteiger partial charge in [-0.05, 0) is 38.5 Å². The maximum Gasteiger partial charge on any atom is 0.00695 e. The minimum Gasteiger partial charge on any atom is -0.312 e. The molecule has 88 valence electrons. The molecule has 0 aromatic heterocycles. The second kappa shape index (κ2) is 5.89. The van der Waals surface area contributed by atoms with E-state index in [0.29, 0.717) is 0 Å². The summed E-state index contributed by atoms with van der Waals surface area (Å²) in [6.07, 6.45) is 14.6. The first-order valence-electron chi connectivity index (χ1n) is 7.10. The molecule has 1 unspecified atom stereocenters. The van der Waals surface area contributed by atoms with Crippen molar-refractivity contribution in [2.45, 2.75) is 83.2 Å². The molecule has 0 saturated heterocycles. The Bertz CT molecular complexity index is 166. The van der Waals surface area contributed by atoms with Gasteiger partial charge in [0.2, 0.25) is 0 Å². The minimum absolute atomic E-state index is 0.758. The van der Waals surface area contributed by atoms with Gasteiger partial charge in [0.1, 0.15) is 0 Å². The molecule has 2 saturated carbocycles. The highest BCUT2D eigenvalue weighted by molar-refractivity contribution is 4.77. The molecular formula is C14H27N. The van der Waals surface area contributed by atoms with Gasteiger partial charge in [0.15, 0.2) is 0 Å². The molecule has 0 bridgehead atoms. The molecule has 0 aromatic rings. The summed E-state index contributed by atoms with van der Waals surface area (Å²) >= 11 is 0. The van der Waals surface area contributed by atoms with E-state index in [0.717, 1.165) is 18.0 Å². The molecule has 0 spiro atoms. The molecule has 1 nitrogen and oxygen atoms in total. The van der Waals surface area contributed by atoms with Gasteiger partial charge in [-0.2, -0.15) is 0 Å². The lowest BCUT2D eigenvalue weighted by molar-refractivity contribution is 0.385. The summed E-state index contributed by atoms with van der Waals surface area (Å²) in [5, 5.41) is 3.80. The molecular weight excluding hydrogens is 182 g/mol. The predicted octanol–water partition coefficient (Wildman–Crippen LogP) is 3.88. The third-order valence-corrected chi connectivity index (χ3v) is 4.36. The third-order valence-electron chi connectivity index (χ3n) is 4.36. The highest BCUT2D eigenvalue weighted by Crippen LogP contribution is 2.29. The van der Waals surface area contributed by atoms with E-state index in [4.69, 9.17) is 0 Å². The summed E-state index contributed by atoms with van der Waals surface area (Å²) in [7, 11) is 0. The highest BCUT2D eigenvalue weighted by atomic mass is 14.9. The predicted molar refractivity (Wildman–Crippen MR) is 66.0 cm³/mol. The van der Waals surface area contributed by atoms with Gasteiger partial charge in [0.25, 0.3) is 0 Å². The topological polar surface area (TPSA) is 12.0 Å². The van der Waals surface area contributed by atoms with Crippen LogP contribution in [0.2, 0.25) is 0 Å². The van der Waals surface area contributed by atoms with Gasteiger partial charge in [-0.25, -0.2) is 0 Å². The standard InChI is InChI=1S/C14H27N/c1-12(15-14-8-4-5-9-14)10-11-13-6-2-3-7-13/h12-15H,2-11H2,1H3. The van der Waals surface area contributed by atoms with E-state index in [9.17, 15) is 0 Å². The van der Waals surface area contributed by atoms with Crippen LogP contribution in [0.25, 0.3) is 0 Å². The first-order chi connectivity index (χ1) is 7.34. The molecule has 2 rings (SSSR count). The van der Waals surface area contributed by atoms with Crippen molar-refractivity contribution in [2.75, 3.05) is 0 Å². The van der Waals surface area contributed by atoms with Crippen LogP contribution in [-0.4, -0.2) is 12.1 Å². The molecule has 0 heterocycles. The number of hydrogen-bond acceptors (Lipinski definition) is 1. The number of rotatable bonds is 5. The molecule has 1 atom stereocenters. The fourth-order valence-electron chi connectivity index (χ4n) is 3.36. The Labute approximate surface area is 95.0 Å². The van der Waals surface area contributed by atoms with Gasteiger partial charge in [0.05, 0.1) is 0 Å². The van der Waals surface area contributed by atoms with Crippen molar-refractivity contribution in [1.29, 1.82) is 0 Å². The fourth-order valence-corrected chi connectivity index (χ4v) is 3.36. The Kier molecular flexibility index (Phi) is 4.49. The zero-order valence-electron chi connectivity index (χ0n) is 10.3. The van der Waals surface area contributed by atoms with Gasteiger partial charge < -0.3 is 5.32 Å². The lowest BCUT2D eigenvalue weighted by Gasteiger charge is -2.20. The van der Waals surface area contributed by atoms with E-state index in [-0.39, 0.29) is 0 Å². The molecule has 0 aliphatic heterocycles. The monoisotopic (exact) mass is 209 g/mol. The van der Waals surface area contributed by atoms with Crippen LogP contribution in [-0.2, 0) is 0 Å². The number of hydrogen-bond donors (Lipinski definition) is 1. The van der Waals surface area contributed by atoms with Gasteiger partial charge in [-0.3, -0.25) is 0 Å². The molecule has 0 aromatic carbocycles. The molecule has 1 heteroatoms. The lowest BCUT2D eigenvalue weighted by Crippen LogP contribution is -2.34. The van der Waals surface area contributed by atoms with Crippen molar-refractivity contribution in [2.24, 2.45) is 5.92 Å².